The second-order valence-electron chi connectivity index (χ2n) is 5.46. The molecule has 0 unspecified atom stereocenters. The quantitative estimate of drug-likeness (QED) is 0.838. The number of anilines is 1. The number of hydrogen-bond acceptors (Lipinski definition) is 1. The molecule has 3 heteroatoms. The highest BCUT2D eigenvalue weighted by atomic mass is 15.2. The number of nitrogens with zero attached hydrogens (tertiary/aromatic N) is 2. The Balaban J connectivity index is 0.000000155. The molecule has 1 aliphatic heterocycles. The van der Waals surface area contributed by atoms with E-state index in [1.807, 2.05) is 12.3 Å². The molecular formula is C18H27N3. The van der Waals surface area contributed by atoms with Crippen LogP contribution in [-0.2, 0) is 13.0 Å². The van der Waals surface area contributed by atoms with Gasteiger partial charge in [0.15, 0.2) is 0 Å². The van der Waals surface area contributed by atoms with Crippen molar-refractivity contribution in [3.63, 3.8) is 0 Å². The monoisotopic (exact) mass is 285 g/mol. The molecule has 1 N–H and O–H groups in total. The van der Waals surface area contributed by atoms with E-state index in [0.717, 1.165) is 13.0 Å². The molecule has 1 saturated heterocycles. The van der Waals surface area contributed by atoms with E-state index in [0.29, 0.717) is 0 Å². The lowest BCUT2D eigenvalue weighted by atomic mass is 10.3. The molecule has 0 aromatic carbocycles. The number of hydrogen-bond donors (Lipinski definition) is 1. The Morgan fingerprint density at radius 3 is 2.62 bits per heavy atom. The number of nitrogens with one attached hydrogen (secondary N) is 1. The zero-order valence-corrected chi connectivity index (χ0v) is 13.3. The van der Waals surface area contributed by atoms with Gasteiger partial charge in [-0.3, -0.25) is 0 Å². The Morgan fingerprint density at radius 2 is 2.05 bits per heavy atom. The Hall–Kier alpha value is -1.90. The van der Waals surface area contributed by atoms with Crippen LogP contribution in [0.2, 0.25) is 0 Å². The number of H-pyrrole nitrogens is 1. The van der Waals surface area contributed by atoms with Crippen LogP contribution in [0.4, 0.5) is 5.69 Å². The van der Waals surface area contributed by atoms with Gasteiger partial charge in [0.05, 0.1) is 5.69 Å². The van der Waals surface area contributed by atoms with Gasteiger partial charge in [-0.1, -0.05) is 6.08 Å². The number of allylic oxidation sites excluding steroid dienone is 1. The second-order valence-corrected chi connectivity index (χ2v) is 5.46. The van der Waals surface area contributed by atoms with E-state index in [9.17, 15) is 0 Å². The van der Waals surface area contributed by atoms with E-state index >= 15 is 0 Å². The minimum absolute atomic E-state index is 0.973. The zero-order chi connectivity index (χ0) is 15.1. The molecule has 0 bridgehead atoms. The third-order valence-corrected chi connectivity index (χ3v) is 3.99. The predicted octanol–water partition coefficient (Wildman–Crippen LogP) is 4.16. The van der Waals surface area contributed by atoms with E-state index in [1.54, 1.807) is 0 Å². The summed E-state index contributed by atoms with van der Waals surface area (Å²) in [6, 6.07) is 6.37. The standard InChI is InChI=1S/C9H14N2.C9H13N/c1-8-9(4-5-10-8)11-6-2-3-7-11;1-3-6-9-7-5-8-10(9)4-2/h4-5,10H,2-3,6-7H2,1H3;3,5,7-8H,1,4,6H2,2H3. The van der Waals surface area contributed by atoms with Crippen LogP contribution in [0.5, 0.6) is 0 Å². The maximum Gasteiger partial charge on any atom is 0.0574 e. The first kappa shape index (κ1) is 15.5. The van der Waals surface area contributed by atoms with Gasteiger partial charge in [-0.25, -0.2) is 0 Å². The first-order valence-electron chi connectivity index (χ1n) is 7.90. The van der Waals surface area contributed by atoms with Gasteiger partial charge in [0.1, 0.15) is 0 Å². The van der Waals surface area contributed by atoms with E-state index in [2.05, 4.69) is 59.3 Å². The molecule has 2 aromatic heterocycles. The summed E-state index contributed by atoms with van der Waals surface area (Å²) >= 11 is 0. The normalized spacial score (nSPS) is 13.9. The molecule has 0 aliphatic carbocycles. The SMILES string of the molecule is C=CCc1cccn1CC.Cc1[nH]ccc1N1CCCC1. The zero-order valence-electron chi connectivity index (χ0n) is 13.3. The highest BCUT2D eigenvalue weighted by molar-refractivity contribution is 5.51. The smallest absolute Gasteiger partial charge is 0.0574 e. The van der Waals surface area contributed by atoms with Crippen molar-refractivity contribution in [2.24, 2.45) is 0 Å². The molecule has 21 heavy (non-hydrogen) atoms. The van der Waals surface area contributed by atoms with Crippen LogP contribution in [0, 0.1) is 6.92 Å². The summed E-state index contributed by atoms with van der Waals surface area (Å²) in [6.45, 7) is 11.5. The van der Waals surface area contributed by atoms with Crippen molar-refractivity contribution in [2.45, 2.75) is 39.7 Å². The van der Waals surface area contributed by atoms with Gasteiger partial charge in [-0.2, -0.15) is 0 Å². The Bertz CT molecular complexity index is 544. The number of aromatic nitrogens is 2. The largest absolute Gasteiger partial charge is 0.370 e. The lowest BCUT2D eigenvalue weighted by Crippen LogP contribution is -2.17. The molecule has 3 heterocycles. The average Bonchev–Trinajstić information content (AvgIpc) is 3.20. The van der Waals surface area contributed by atoms with E-state index < -0.39 is 0 Å². The van der Waals surface area contributed by atoms with Gasteiger partial charge in [-0.15, -0.1) is 6.58 Å². The third-order valence-electron chi connectivity index (χ3n) is 3.99. The van der Waals surface area contributed by atoms with E-state index in [-0.39, 0.29) is 0 Å². The molecule has 0 atom stereocenters. The second kappa shape index (κ2) is 7.77. The molecule has 0 spiro atoms. The minimum Gasteiger partial charge on any atom is -0.370 e. The van der Waals surface area contributed by atoms with Gasteiger partial charge < -0.3 is 14.5 Å². The summed E-state index contributed by atoms with van der Waals surface area (Å²) in [6.07, 6.45) is 9.72. The highest BCUT2D eigenvalue weighted by Gasteiger charge is 2.13. The van der Waals surface area contributed by atoms with Crippen molar-refractivity contribution in [3.8, 4) is 0 Å². The fourth-order valence-electron chi connectivity index (χ4n) is 2.84. The van der Waals surface area contributed by atoms with Crippen molar-refractivity contribution in [1.29, 1.82) is 0 Å². The van der Waals surface area contributed by atoms with Crippen LogP contribution in [0.25, 0.3) is 0 Å². The molecule has 0 saturated carbocycles. The van der Waals surface area contributed by atoms with Crippen LogP contribution in [0.3, 0.4) is 0 Å². The highest BCUT2D eigenvalue weighted by Crippen LogP contribution is 2.22. The number of aromatic amines is 1. The molecule has 0 radical (unpaired) electrons. The van der Waals surface area contributed by atoms with Gasteiger partial charge in [0.2, 0.25) is 0 Å². The van der Waals surface area contributed by atoms with Crippen LogP contribution in [-0.4, -0.2) is 22.6 Å². The fourth-order valence-corrected chi connectivity index (χ4v) is 2.84. The molecule has 1 fully saturated rings. The minimum atomic E-state index is 0.973. The summed E-state index contributed by atoms with van der Waals surface area (Å²) < 4.78 is 2.22. The third kappa shape index (κ3) is 4.03. The Morgan fingerprint density at radius 1 is 1.29 bits per heavy atom. The number of aryl methyl sites for hydroxylation is 2. The van der Waals surface area contributed by atoms with E-state index in [4.69, 9.17) is 0 Å². The lowest BCUT2D eigenvalue weighted by Gasteiger charge is -2.16. The lowest BCUT2D eigenvalue weighted by molar-refractivity contribution is 0.731. The van der Waals surface area contributed by atoms with Crippen LogP contribution in [0.15, 0.2) is 43.2 Å². The molecule has 114 valence electrons. The van der Waals surface area contributed by atoms with Crippen molar-refractivity contribution >= 4 is 5.69 Å². The van der Waals surface area contributed by atoms with Gasteiger partial charge >= 0.3 is 0 Å². The molecule has 3 nitrogen and oxygen atoms in total. The van der Waals surface area contributed by atoms with Crippen LogP contribution in [0.1, 0.15) is 31.2 Å². The van der Waals surface area contributed by atoms with Gasteiger partial charge in [0.25, 0.3) is 0 Å². The molecule has 2 aromatic rings. The predicted molar refractivity (Wildman–Crippen MR) is 91.0 cm³/mol. The topological polar surface area (TPSA) is 24.0 Å². The van der Waals surface area contributed by atoms with Crippen molar-refractivity contribution in [3.05, 3.63) is 54.6 Å². The van der Waals surface area contributed by atoms with Crippen LogP contribution >= 0.6 is 0 Å². The molecular weight excluding hydrogens is 258 g/mol. The maximum atomic E-state index is 3.70. The number of rotatable bonds is 4. The van der Waals surface area contributed by atoms with Gasteiger partial charge in [0, 0.05) is 49.8 Å². The summed E-state index contributed by atoms with van der Waals surface area (Å²) in [5, 5.41) is 0. The summed E-state index contributed by atoms with van der Waals surface area (Å²) in [7, 11) is 0. The first-order valence-corrected chi connectivity index (χ1v) is 7.90. The van der Waals surface area contributed by atoms with Crippen molar-refractivity contribution in [2.75, 3.05) is 18.0 Å². The Kier molecular flexibility index (Phi) is 5.73. The molecule has 0 amide bonds. The maximum absolute atomic E-state index is 3.70. The average molecular weight is 285 g/mol. The van der Waals surface area contributed by atoms with Gasteiger partial charge in [-0.05, 0) is 44.9 Å². The van der Waals surface area contributed by atoms with Crippen molar-refractivity contribution < 1.29 is 0 Å². The Labute approximate surface area is 128 Å². The first-order chi connectivity index (χ1) is 10.3. The van der Waals surface area contributed by atoms with E-state index in [1.165, 1.54) is 43.0 Å². The summed E-state index contributed by atoms with van der Waals surface area (Å²) in [4.78, 5) is 5.65. The van der Waals surface area contributed by atoms with Crippen molar-refractivity contribution in [1.82, 2.24) is 9.55 Å². The van der Waals surface area contributed by atoms with Crippen LogP contribution < -0.4 is 4.90 Å². The summed E-state index contributed by atoms with van der Waals surface area (Å²) in [5.41, 5.74) is 4.03. The molecule has 1 aliphatic rings. The fraction of sp³-hybridized carbons (Fsp3) is 0.444. The molecule has 3 rings (SSSR count). The summed E-state index contributed by atoms with van der Waals surface area (Å²) in [5.74, 6) is 0.